The van der Waals surface area contributed by atoms with Crippen molar-refractivity contribution >= 4 is 23.2 Å². The highest BCUT2D eigenvalue weighted by molar-refractivity contribution is 6.32. The van der Waals surface area contributed by atoms with Crippen molar-refractivity contribution in [2.45, 2.75) is 20.5 Å². The summed E-state index contributed by atoms with van der Waals surface area (Å²) in [6, 6.07) is 12.9. The topological polar surface area (TPSA) is 51.5 Å². The lowest BCUT2D eigenvalue weighted by Crippen LogP contribution is -2.12. The lowest BCUT2D eigenvalue weighted by molar-refractivity contribution is 0.0992. The van der Waals surface area contributed by atoms with Crippen LogP contribution in [0.4, 0.5) is 10.1 Å². The summed E-state index contributed by atoms with van der Waals surface area (Å²) in [5.74, 6) is 0.188. The lowest BCUT2D eigenvalue weighted by Gasteiger charge is -2.08. The van der Waals surface area contributed by atoms with E-state index in [9.17, 15) is 9.18 Å². The Morgan fingerprint density at radius 1 is 1.15 bits per heavy atom. The van der Waals surface area contributed by atoms with Gasteiger partial charge in [-0.1, -0.05) is 23.7 Å². The lowest BCUT2D eigenvalue weighted by atomic mass is 10.1. The number of aryl methyl sites for hydroxylation is 2. The fourth-order valence-corrected chi connectivity index (χ4v) is 2.59. The molecule has 0 bridgehead atoms. The third kappa shape index (κ3) is 4.24. The van der Waals surface area contributed by atoms with Crippen LogP contribution in [0.25, 0.3) is 0 Å². The molecule has 0 spiro atoms. The fourth-order valence-electron chi connectivity index (χ4n) is 2.37. The molecule has 3 rings (SSSR count). The highest BCUT2D eigenvalue weighted by Gasteiger charge is 2.13. The molecule has 134 valence electrons. The van der Waals surface area contributed by atoms with Crippen molar-refractivity contribution < 1.29 is 18.3 Å². The van der Waals surface area contributed by atoms with Gasteiger partial charge in [0.1, 0.15) is 23.9 Å². The predicted molar refractivity (Wildman–Crippen MR) is 98.3 cm³/mol. The van der Waals surface area contributed by atoms with Gasteiger partial charge in [-0.2, -0.15) is 0 Å². The average molecular weight is 374 g/mol. The van der Waals surface area contributed by atoms with E-state index in [0.717, 1.165) is 16.8 Å². The summed E-state index contributed by atoms with van der Waals surface area (Å²) in [7, 11) is 0. The third-order valence-electron chi connectivity index (χ3n) is 3.79. The van der Waals surface area contributed by atoms with Crippen LogP contribution in [-0.4, -0.2) is 5.91 Å². The maximum atomic E-state index is 13.0. The monoisotopic (exact) mass is 373 g/mol. The number of hydrogen-bond donors (Lipinski definition) is 1. The number of anilines is 1. The second kappa shape index (κ2) is 7.62. The number of carbonyl (C=O) groups excluding carboxylic acids is 1. The van der Waals surface area contributed by atoms with Crippen molar-refractivity contribution in [3.05, 3.63) is 82.0 Å². The van der Waals surface area contributed by atoms with E-state index < -0.39 is 5.82 Å². The molecule has 0 aliphatic heterocycles. The Hall–Kier alpha value is -2.79. The number of halogens is 2. The quantitative estimate of drug-likeness (QED) is 0.640. The number of rotatable bonds is 5. The first-order valence-electron chi connectivity index (χ1n) is 7.97. The number of nitrogens with one attached hydrogen (secondary N) is 1. The molecule has 0 atom stereocenters. The molecule has 26 heavy (non-hydrogen) atoms. The Morgan fingerprint density at radius 3 is 2.73 bits per heavy atom. The number of ether oxygens (including phenoxy) is 1. The molecule has 0 radical (unpaired) electrons. The van der Waals surface area contributed by atoms with Crippen LogP contribution >= 0.6 is 11.6 Å². The molecule has 3 aromatic rings. The van der Waals surface area contributed by atoms with Gasteiger partial charge in [0.05, 0.1) is 5.02 Å². The van der Waals surface area contributed by atoms with Crippen LogP contribution in [0, 0.1) is 19.7 Å². The maximum absolute atomic E-state index is 13.0. The zero-order chi connectivity index (χ0) is 18.7. The van der Waals surface area contributed by atoms with Gasteiger partial charge in [-0.15, -0.1) is 0 Å². The first-order chi connectivity index (χ1) is 12.4. The van der Waals surface area contributed by atoms with E-state index in [0.29, 0.717) is 11.5 Å². The zero-order valence-electron chi connectivity index (χ0n) is 14.3. The van der Waals surface area contributed by atoms with Crippen molar-refractivity contribution in [1.29, 1.82) is 0 Å². The van der Waals surface area contributed by atoms with Gasteiger partial charge in [0.25, 0.3) is 5.91 Å². The van der Waals surface area contributed by atoms with E-state index in [2.05, 4.69) is 5.32 Å². The molecule has 0 fully saturated rings. The minimum Gasteiger partial charge on any atom is -0.484 e. The second-order valence-electron chi connectivity index (χ2n) is 5.90. The summed E-state index contributed by atoms with van der Waals surface area (Å²) in [4.78, 5) is 12.3. The molecule has 0 aliphatic rings. The average Bonchev–Trinajstić information content (AvgIpc) is 3.06. The standard InChI is InChI=1S/C20H17ClFNO3/c1-12-3-4-13(2)17(9-12)23-20(24)19-8-6-15(26-19)11-25-18-7-5-14(22)10-16(18)21/h3-10H,11H2,1-2H3,(H,23,24). The highest BCUT2D eigenvalue weighted by Crippen LogP contribution is 2.26. The summed E-state index contributed by atoms with van der Waals surface area (Å²) >= 11 is 5.91. The number of benzene rings is 2. The van der Waals surface area contributed by atoms with E-state index in [1.54, 1.807) is 12.1 Å². The smallest absolute Gasteiger partial charge is 0.291 e. The molecule has 1 heterocycles. The van der Waals surface area contributed by atoms with Gasteiger partial charge in [0.2, 0.25) is 0 Å². The molecular formula is C20H17ClFNO3. The van der Waals surface area contributed by atoms with Gasteiger partial charge in [-0.05, 0) is 61.4 Å². The molecular weight excluding hydrogens is 357 g/mol. The Labute approximate surface area is 155 Å². The van der Waals surface area contributed by atoms with Crippen LogP contribution in [0.5, 0.6) is 5.75 Å². The van der Waals surface area contributed by atoms with E-state index in [1.165, 1.54) is 18.2 Å². The van der Waals surface area contributed by atoms with Gasteiger partial charge in [0.15, 0.2) is 5.76 Å². The minimum absolute atomic E-state index is 0.0715. The van der Waals surface area contributed by atoms with Gasteiger partial charge >= 0.3 is 0 Å². The summed E-state index contributed by atoms with van der Waals surface area (Å²) in [5, 5.41) is 3.00. The Morgan fingerprint density at radius 2 is 1.96 bits per heavy atom. The molecule has 6 heteroatoms. The van der Waals surface area contributed by atoms with Gasteiger partial charge in [-0.25, -0.2) is 4.39 Å². The largest absolute Gasteiger partial charge is 0.484 e. The normalized spacial score (nSPS) is 10.6. The fraction of sp³-hybridized carbons (Fsp3) is 0.150. The van der Waals surface area contributed by atoms with E-state index in [4.69, 9.17) is 20.8 Å². The van der Waals surface area contributed by atoms with E-state index in [-0.39, 0.29) is 23.3 Å². The van der Waals surface area contributed by atoms with Gasteiger partial charge in [0, 0.05) is 5.69 Å². The Kier molecular flexibility index (Phi) is 5.28. The molecule has 1 amide bonds. The van der Waals surface area contributed by atoms with E-state index in [1.807, 2.05) is 32.0 Å². The summed E-state index contributed by atoms with van der Waals surface area (Å²) in [6.07, 6.45) is 0. The van der Waals surface area contributed by atoms with E-state index >= 15 is 0 Å². The van der Waals surface area contributed by atoms with Crippen LogP contribution in [0.3, 0.4) is 0 Å². The molecule has 0 saturated heterocycles. The molecule has 1 N–H and O–H groups in total. The first-order valence-corrected chi connectivity index (χ1v) is 8.35. The second-order valence-corrected chi connectivity index (χ2v) is 6.31. The van der Waals surface area contributed by atoms with Crippen molar-refractivity contribution in [3.63, 3.8) is 0 Å². The number of furan rings is 1. The van der Waals surface area contributed by atoms with Crippen LogP contribution in [0.15, 0.2) is 52.9 Å². The van der Waals surface area contributed by atoms with Gasteiger partial charge in [-0.3, -0.25) is 4.79 Å². The number of carbonyl (C=O) groups is 1. The molecule has 0 unspecified atom stereocenters. The Bertz CT molecular complexity index is 952. The van der Waals surface area contributed by atoms with Crippen LogP contribution in [0.2, 0.25) is 5.02 Å². The molecule has 2 aromatic carbocycles. The van der Waals surface area contributed by atoms with Crippen molar-refractivity contribution in [2.24, 2.45) is 0 Å². The Balaban J connectivity index is 1.65. The summed E-state index contributed by atoms with van der Waals surface area (Å²) in [5.41, 5.74) is 2.75. The third-order valence-corrected chi connectivity index (χ3v) is 4.09. The minimum atomic E-state index is -0.439. The van der Waals surface area contributed by atoms with Gasteiger partial charge < -0.3 is 14.5 Å². The zero-order valence-corrected chi connectivity index (χ0v) is 15.1. The number of hydrogen-bond acceptors (Lipinski definition) is 3. The summed E-state index contributed by atoms with van der Waals surface area (Å²) < 4.78 is 24.1. The van der Waals surface area contributed by atoms with Crippen molar-refractivity contribution in [2.75, 3.05) is 5.32 Å². The molecule has 0 saturated carbocycles. The molecule has 0 aliphatic carbocycles. The van der Waals surface area contributed by atoms with Crippen molar-refractivity contribution in [3.8, 4) is 5.75 Å². The molecule has 4 nitrogen and oxygen atoms in total. The first kappa shape index (κ1) is 18.0. The van der Waals surface area contributed by atoms with Crippen LogP contribution < -0.4 is 10.1 Å². The predicted octanol–water partition coefficient (Wildman–Crippen LogP) is 5.52. The SMILES string of the molecule is Cc1ccc(C)c(NC(=O)c2ccc(COc3ccc(F)cc3Cl)o2)c1. The highest BCUT2D eigenvalue weighted by atomic mass is 35.5. The van der Waals surface area contributed by atoms with Crippen LogP contribution in [-0.2, 0) is 6.61 Å². The van der Waals surface area contributed by atoms with Crippen LogP contribution in [0.1, 0.15) is 27.4 Å². The maximum Gasteiger partial charge on any atom is 0.291 e. The van der Waals surface area contributed by atoms with Crippen molar-refractivity contribution in [1.82, 2.24) is 0 Å². The molecule has 1 aromatic heterocycles. The number of amides is 1. The summed E-state index contributed by atoms with van der Waals surface area (Å²) in [6.45, 7) is 3.95.